The van der Waals surface area contributed by atoms with E-state index < -0.39 is 0 Å². The van der Waals surface area contributed by atoms with E-state index in [1.54, 1.807) is 0 Å². The quantitative estimate of drug-likeness (QED) is 0.761. The highest BCUT2D eigenvalue weighted by atomic mass is 16.5. The van der Waals surface area contributed by atoms with Crippen molar-refractivity contribution in [3.8, 4) is 0 Å². The number of likely N-dealkylation sites (tertiary alicyclic amines) is 1. The normalized spacial score (nSPS) is 31.4. The molecule has 2 unspecified atom stereocenters. The van der Waals surface area contributed by atoms with Crippen LogP contribution in [-0.4, -0.2) is 42.6 Å². The Balaban J connectivity index is 1.86. The minimum absolute atomic E-state index is 0.0981. The van der Waals surface area contributed by atoms with Gasteiger partial charge in [0.05, 0.1) is 6.10 Å². The summed E-state index contributed by atoms with van der Waals surface area (Å²) in [6.07, 6.45) is 6.43. The molecule has 2 rings (SSSR count). The van der Waals surface area contributed by atoms with Crippen molar-refractivity contribution in [2.24, 2.45) is 5.73 Å². The zero-order chi connectivity index (χ0) is 11.4. The number of carbonyl (C=O) groups is 1. The van der Waals surface area contributed by atoms with Crippen molar-refractivity contribution in [1.29, 1.82) is 0 Å². The van der Waals surface area contributed by atoms with Crippen LogP contribution in [0.2, 0.25) is 0 Å². The first-order valence-corrected chi connectivity index (χ1v) is 6.45. The highest BCUT2D eigenvalue weighted by molar-refractivity contribution is 5.81. The molecule has 16 heavy (non-hydrogen) atoms. The molecule has 2 N–H and O–H groups in total. The molecule has 2 aliphatic heterocycles. The van der Waals surface area contributed by atoms with Gasteiger partial charge in [-0.1, -0.05) is 12.8 Å². The molecule has 4 heteroatoms. The summed E-state index contributed by atoms with van der Waals surface area (Å²) < 4.78 is 5.65. The van der Waals surface area contributed by atoms with Gasteiger partial charge in [-0.25, -0.2) is 0 Å². The van der Waals surface area contributed by atoms with E-state index in [2.05, 4.69) is 0 Å². The van der Waals surface area contributed by atoms with E-state index in [4.69, 9.17) is 10.5 Å². The van der Waals surface area contributed by atoms with E-state index in [9.17, 15) is 4.79 Å². The molecular weight excluding hydrogens is 204 g/mol. The van der Waals surface area contributed by atoms with Crippen LogP contribution in [-0.2, 0) is 9.53 Å². The summed E-state index contributed by atoms with van der Waals surface area (Å²) >= 11 is 0. The van der Waals surface area contributed by atoms with E-state index in [1.807, 2.05) is 4.90 Å². The molecule has 0 aromatic carbocycles. The van der Waals surface area contributed by atoms with E-state index >= 15 is 0 Å². The van der Waals surface area contributed by atoms with Gasteiger partial charge in [0.1, 0.15) is 6.10 Å². The number of nitrogens with zero attached hydrogens (tertiary/aromatic N) is 1. The van der Waals surface area contributed by atoms with Crippen LogP contribution in [0, 0.1) is 0 Å². The number of hydrogen-bond acceptors (Lipinski definition) is 3. The molecule has 0 radical (unpaired) electrons. The lowest BCUT2D eigenvalue weighted by molar-refractivity contribution is -0.142. The summed E-state index contributed by atoms with van der Waals surface area (Å²) in [6, 6.07) is 0. The molecule has 0 aliphatic carbocycles. The molecule has 2 heterocycles. The molecule has 1 amide bonds. The molecule has 2 fully saturated rings. The Kier molecular flexibility index (Phi) is 4.18. The van der Waals surface area contributed by atoms with E-state index in [1.165, 1.54) is 12.8 Å². The first-order chi connectivity index (χ1) is 7.81. The first-order valence-electron chi connectivity index (χ1n) is 6.45. The van der Waals surface area contributed by atoms with Crippen molar-refractivity contribution >= 4 is 5.91 Å². The molecule has 4 nitrogen and oxygen atoms in total. The second kappa shape index (κ2) is 5.64. The summed E-state index contributed by atoms with van der Waals surface area (Å²) in [4.78, 5) is 14.2. The third-order valence-corrected chi connectivity index (χ3v) is 3.56. The van der Waals surface area contributed by atoms with Crippen LogP contribution in [0.1, 0.15) is 38.5 Å². The van der Waals surface area contributed by atoms with Gasteiger partial charge in [0, 0.05) is 19.6 Å². The van der Waals surface area contributed by atoms with E-state index in [0.717, 1.165) is 38.8 Å². The summed E-state index contributed by atoms with van der Waals surface area (Å²) in [6.45, 7) is 2.35. The third kappa shape index (κ3) is 2.74. The Morgan fingerprint density at radius 1 is 1.19 bits per heavy atom. The number of nitrogens with two attached hydrogens (primary N) is 1. The summed E-state index contributed by atoms with van der Waals surface area (Å²) in [5.41, 5.74) is 5.55. The van der Waals surface area contributed by atoms with Crippen LogP contribution in [0.4, 0.5) is 0 Å². The van der Waals surface area contributed by atoms with Crippen molar-refractivity contribution in [3.05, 3.63) is 0 Å². The average Bonchev–Trinajstić information content (AvgIpc) is 2.62. The number of amides is 1. The van der Waals surface area contributed by atoms with Gasteiger partial charge in [0.25, 0.3) is 5.91 Å². The predicted octanol–water partition coefficient (Wildman–Crippen LogP) is 0.895. The lowest BCUT2D eigenvalue weighted by Crippen LogP contribution is -2.40. The lowest BCUT2D eigenvalue weighted by atomic mass is 10.2. The Bertz CT molecular complexity index is 237. The number of ether oxygens (including phenoxy) is 1. The zero-order valence-electron chi connectivity index (χ0n) is 9.86. The topological polar surface area (TPSA) is 55.6 Å². The minimum Gasteiger partial charge on any atom is -0.364 e. The fraction of sp³-hybridized carbons (Fsp3) is 0.917. The lowest BCUT2D eigenvalue weighted by Gasteiger charge is -2.23. The van der Waals surface area contributed by atoms with Crippen LogP contribution in [0.25, 0.3) is 0 Å². The molecule has 0 aromatic rings. The van der Waals surface area contributed by atoms with Gasteiger partial charge in [0.15, 0.2) is 0 Å². The van der Waals surface area contributed by atoms with Crippen LogP contribution in [0.5, 0.6) is 0 Å². The number of rotatable bonds is 2. The van der Waals surface area contributed by atoms with Crippen molar-refractivity contribution in [2.45, 2.75) is 50.7 Å². The van der Waals surface area contributed by atoms with Gasteiger partial charge in [-0.2, -0.15) is 0 Å². The van der Waals surface area contributed by atoms with Gasteiger partial charge < -0.3 is 15.4 Å². The molecular formula is C12H22N2O2. The van der Waals surface area contributed by atoms with E-state index in [-0.39, 0.29) is 18.1 Å². The molecule has 0 saturated carbocycles. The van der Waals surface area contributed by atoms with E-state index in [0.29, 0.717) is 6.54 Å². The Morgan fingerprint density at radius 3 is 2.44 bits per heavy atom. The monoisotopic (exact) mass is 226 g/mol. The summed E-state index contributed by atoms with van der Waals surface area (Å²) in [7, 11) is 0. The van der Waals surface area contributed by atoms with Crippen LogP contribution in [0.15, 0.2) is 0 Å². The SMILES string of the molecule is NCC1CCC(C(=O)N2CCCCCC2)O1. The van der Waals surface area contributed by atoms with Gasteiger partial charge in [-0.05, 0) is 25.7 Å². The van der Waals surface area contributed by atoms with Gasteiger partial charge in [0.2, 0.25) is 0 Å². The van der Waals surface area contributed by atoms with Gasteiger partial charge in [-0.3, -0.25) is 4.79 Å². The smallest absolute Gasteiger partial charge is 0.251 e. The van der Waals surface area contributed by atoms with Gasteiger partial charge in [-0.15, -0.1) is 0 Å². The second-order valence-corrected chi connectivity index (χ2v) is 4.80. The van der Waals surface area contributed by atoms with Crippen molar-refractivity contribution in [2.75, 3.05) is 19.6 Å². The molecule has 92 valence electrons. The number of carbonyl (C=O) groups excluding carboxylic acids is 1. The Labute approximate surface area is 97.1 Å². The maximum Gasteiger partial charge on any atom is 0.251 e. The fourth-order valence-corrected chi connectivity index (χ4v) is 2.56. The standard InChI is InChI=1S/C12H22N2O2/c13-9-10-5-6-11(16-10)12(15)14-7-3-1-2-4-8-14/h10-11H,1-9,13H2. The molecule has 0 bridgehead atoms. The van der Waals surface area contributed by atoms with Gasteiger partial charge >= 0.3 is 0 Å². The second-order valence-electron chi connectivity index (χ2n) is 4.80. The molecule has 0 spiro atoms. The predicted molar refractivity (Wildman–Crippen MR) is 62.0 cm³/mol. The molecule has 0 aromatic heterocycles. The van der Waals surface area contributed by atoms with Crippen LogP contribution in [0.3, 0.4) is 0 Å². The maximum absolute atomic E-state index is 12.2. The molecule has 2 saturated heterocycles. The minimum atomic E-state index is -0.216. The zero-order valence-corrected chi connectivity index (χ0v) is 9.86. The summed E-state index contributed by atoms with van der Waals surface area (Å²) in [5.74, 6) is 0.192. The van der Waals surface area contributed by atoms with Crippen molar-refractivity contribution < 1.29 is 9.53 Å². The maximum atomic E-state index is 12.2. The molecule has 2 aliphatic rings. The first kappa shape index (κ1) is 11.9. The Hall–Kier alpha value is -0.610. The van der Waals surface area contributed by atoms with Crippen molar-refractivity contribution in [1.82, 2.24) is 4.90 Å². The summed E-state index contributed by atoms with van der Waals surface area (Å²) in [5, 5.41) is 0. The van der Waals surface area contributed by atoms with Crippen LogP contribution < -0.4 is 5.73 Å². The largest absolute Gasteiger partial charge is 0.364 e. The van der Waals surface area contributed by atoms with Crippen molar-refractivity contribution in [3.63, 3.8) is 0 Å². The highest BCUT2D eigenvalue weighted by Crippen LogP contribution is 2.22. The van der Waals surface area contributed by atoms with Crippen LogP contribution >= 0.6 is 0 Å². The fourth-order valence-electron chi connectivity index (χ4n) is 2.56. The molecule has 2 atom stereocenters. The third-order valence-electron chi connectivity index (χ3n) is 3.56. The Morgan fingerprint density at radius 2 is 1.88 bits per heavy atom. The average molecular weight is 226 g/mol. The number of hydrogen-bond donors (Lipinski definition) is 1. The highest BCUT2D eigenvalue weighted by Gasteiger charge is 2.32.